The lowest BCUT2D eigenvalue weighted by molar-refractivity contribution is 0.0464. The second-order valence-corrected chi connectivity index (χ2v) is 5.49. The molecular formula is C12H23NO2. The molecule has 0 heterocycles. The van der Waals surface area contributed by atoms with Crippen LogP contribution in [0.2, 0.25) is 0 Å². The maximum atomic E-state index is 11.0. The second-order valence-electron chi connectivity index (χ2n) is 5.49. The Bertz CT molecular complexity index is 212. The first-order chi connectivity index (χ1) is 6.93. The van der Waals surface area contributed by atoms with E-state index < -0.39 is 0 Å². The lowest BCUT2D eigenvalue weighted by Crippen LogP contribution is -2.32. The summed E-state index contributed by atoms with van der Waals surface area (Å²) >= 11 is 0. The molecule has 0 bridgehead atoms. The van der Waals surface area contributed by atoms with Crippen LogP contribution >= 0.6 is 0 Å². The minimum absolute atomic E-state index is 0.128. The van der Waals surface area contributed by atoms with Crippen LogP contribution in [0.15, 0.2) is 0 Å². The number of hydrogen-bond donors (Lipinski definition) is 1. The molecule has 88 valence electrons. The number of hydrogen-bond acceptors (Lipinski definition) is 2. The van der Waals surface area contributed by atoms with Crippen LogP contribution in [0.5, 0.6) is 0 Å². The number of amides is 1. The van der Waals surface area contributed by atoms with Gasteiger partial charge in [-0.2, -0.15) is 0 Å². The summed E-state index contributed by atoms with van der Waals surface area (Å²) in [5.41, 5.74) is 0.387. The van der Waals surface area contributed by atoms with Gasteiger partial charge in [0.25, 0.3) is 0 Å². The molecule has 15 heavy (non-hydrogen) atoms. The molecule has 1 aliphatic rings. The highest BCUT2D eigenvalue weighted by Gasteiger charge is 2.30. The van der Waals surface area contributed by atoms with Gasteiger partial charge >= 0.3 is 6.09 Å². The number of nitrogens with one attached hydrogen (secondary N) is 1. The number of carbonyl (C=O) groups is 1. The summed E-state index contributed by atoms with van der Waals surface area (Å²) in [5.74, 6) is 0.766. The van der Waals surface area contributed by atoms with Crippen LogP contribution in [0.25, 0.3) is 0 Å². The molecule has 0 aromatic rings. The van der Waals surface area contributed by atoms with E-state index in [2.05, 4.69) is 26.1 Å². The van der Waals surface area contributed by atoms with Crippen molar-refractivity contribution in [1.29, 1.82) is 0 Å². The van der Waals surface area contributed by atoms with E-state index in [0.717, 1.165) is 18.8 Å². The van der Waals surface area contributed by atoms with Crippen molar-refractivity contribution < 1.29 is 9.53 Å². The van der Waals surface area contributed by atoms with E-state index in [4.69, 9.17) is 4.74 Å². The molecular weight excluding hydrogens is 190 g/mol. The zero-order valence-electron chi connectivity index (χ0n) is 10.3. The van der Waals surface area contributed by atoms with E-state index in [9.17, 15) is 4.79 Å². The van der Waals surface area contributed by atoms with Gasteiger partial charge in [0.15, 0.2) is 0 Å². The minimum Gasteiger partial charge on any atom is -0.446 e. The Morgan fingerprint density at radius 1 is 1.20 bits per heavy atom. The van der Waals surface area contributed by atoms with Crippen LogP contribution in [0, 0.1) is 11.3 Å². The van der Waals surface area contributed by atoms with Gasteiger partial charge in [0.2, 0.25) is 0 Å². The molecule has 1 fully saturated rings. The Morgan fingerprint density at radius 2 is 1.73 bits per heavy atom. The quantitative estimate of drug-likeness (QED) is 0.727. The normalized spacial score (nSPS) is 27.2. The van der Waals surface area contributed by atoms with Gasteiger partial charge in [-0.05, 0) is 37.0 Å². The number of carbonyl (C=O) groups excluding carboxylic acids is 1. The van der Waals surface area contributed by atoms with Crippen LogP contribution in [0.4, 0.5) is 4.79 Å². The maximum Gasteiger partial charge on any atom is 0.407 e. The summed E-state index contributed by atoms with van der Waals surface area (Å²) in [5, 5.41) is 2.49. The fourth-order valence-electron chi connectivity index (χ4n) is 2.26. The lowest BCUT2D eigenvalue weighted by Gasteiger charge is -2.36. The lowest BCUT2D eigenvalue weighted by atomic mass is 9.72. The fourth-order valence-corrected chi connectivity index (χ4v) is 2.26. The van der Waals surface area contributed by atoms with Crippen molar-refractivity contribution >= 4 is 6.09 Å². The van der Waals surface area contributed by atoms with Gasteiger partial charge in [-0.15, -0.1) is 0 Å². The van der Waals surface area contributed by atoms with Crippen LogP contribution in [-0.4, -0.2) is 19.2 Å². The van der Waals surface area contributed by atoms with Crippen LogP contribution < -0.4 is 5.32 Å². The zero-order chi connectivity index (χ0) is 11.5. The van der Waals surface area contributed by atoms with Crippen molar-refractivity contribution in [3.63, 3.8) is 0 Å². The van der Waals surface area contributed by atoms with Gasteiger partial charge in [-0.25, -0.2) is 4.79 Å². The topological polar surface area (TPSA) is 38.3 Å². The van der Waals surface area contributed by atoms with E-state index in [1.807, 2.05) is 0 Å². The average molecular weight is 213 g/mol. The van der Waals surface area contributed by atoms with Gasteiger partial charge in [0.05, 0.1) is 0 Å². The molecule has 3 heteroatoms. The van der Waals surface area contributed by atoms with Crippen LogP contribution in [0.3, 0.4) is 0 Å². The molecule has 0 unspecified atom stereocenters. The Morgan fingerprint density at radius 3 is 2.13 bits per heavy atom. The fraction of sp³-hybridized carbons (Fsp3) is 0.917. The number of rotatable bonds is 1. The van der Waals surface area contributed by atoms with Gasteiger partial charge < -0.3 is 10.1 Å². The van der Waals surface area contributed by atoms with Crippen LogP contribution in [-0.2, 0) is 4.74 Å². The first-order valence-corrected chi connectivity index (χ1v) is 5.82. The van der Waals surface area contributed by atoms with E-state index in [0.29, 0.717) is 5.41 Å². The van der Waals surface area contributed by atoms with Crippen molar-refractivity contribution in [3.8, 4) is 0 Å². The average Bonchev–Trinajstić information content (AvgIpc) is 2.17. The Labute approximate surface area is 92.6 Å². The summed E-state index contributed by atoms with van der Waals surface area (Å²) in [6.45, 7) is 6.87. The second kappa shape index (κ2) is 4.86. The van der Waals surface area contributed by atoms with Crippen LogP contribution in [0.1, 0.15) is 46.5 Å². The van der Waals surface area contributed by atoms with E-state index in [1.54, 1.807) is 7.05 Å². The first kappa shape index (κ1) is 12.3. The van der Waals surface area contributed by atoms with Gasteiger partial charge in [-0.1, -0.05) is 20.8 Å². The molecule has 1 saturated carbocycles. The third kappa shape index (κ3) is 3.73. The van der Waals surface area contributed by atoms with E-state index >= 15 is 0 Å². The largest absolute Gasteiger partial charge is 0.446 e. The summed E-state index contributed by atoms with van der Waals surface area (Å²) < 4.78 is 5.25. The van der Waals surface area contributed by atoms with Crippen molar-refractivity contribution in [1.82, 2.24) is 5.32 Å². The summed E-state index contributed by atoms with van der Waals surface area (Å²) in [4.78, 5) is 11.0. The summed E-state index contributed by atoms with van der Waals surface area (Å²) in [6, 6.07) is 0. The van der Waals surface area contributed by atoms with Crippen molar-refractivity contribution in [2.45, 2.75) is 52.6 Å². The Hall–Kier alpha value is -0.730. The maximum absolute atomic E-state index is 11.0. The summed E-state index contributed by atoms with van der Waals surface area (Å²) in [6.07, 6.45) is 4.19. The number of alkyl carbamates (subject to hydrolysis) is 1. The third-order valence-electron chi connectivity index (χ3n) is 3.38. The zero-order valence-corrected chi connectivity index (χ0v) is 10.3. The molecule has 0 aromatic heterocycles. The monoisotopic (exact) mass is 213 g/mol. The first-order valence-electron chi connectivity index (χ1n) is 5.82. The molecule has 1 amide bonds. The predicted octanol–water partition coefficient (Wildman–Crippen LogP) is 2.95. The molecule has 1 N–H and O–H groups in total. The highest BCUT2D eigenvalue weighted by Crippen LogP contribution is 2.38. The Balaban J connectivity index is 2.33. The van der Waals surface area contributed by atoms with Gasteiger partial charge in [0.1, 0.15) is 6.10 Å². The van der Waals surface area contributed by atoms with Crippen molar-refractivity contribution in [3.05, 3.63) is 0 Å². The van der Waals surface area contributed by atoms with E-state index in [1.165, 1.54) is 12.8 Å². The minimum atomic E-state index is -0.297. The molecule has 3 nitrogen and oxygen atoms in total. The standard InChI is InChI=1S/C12H23NO2/c1-12(2,3)9-5-7-10(8-6-9)15-11(14)13-4/h9-10H,5-8H2,1-4H3,(H,13,14). The molecule has 1 rings (SSSR count). The molecule has 0 saturated heterocycles. The molecule has 0 spiro atoms. The highest BCUT2D eigenvalue weighted by molar-refractivity contribution is 5.66. The SMILES string of the molecule is CNC(=O)OC1CCC(C(C)(C)C)CC1. The Kier molecular flexibility index (Phi) is 4.00. The third-order valence-corrected chi connectivity index (χ3v) is 3.38. The molecule has 0 aromatic carbocycles. The van der Waals surface area contributed by atoms with Crippen molar-refractivity contribution in [2.75, 3.05) is 7.05 Å². The smallest absolute Gasteiger partial charge is 0.407 e. The van der Waals surface area contributed by atoms with E-state index in [-0.39, 0.29) is 12.2 Å². The molecule has 0 atom stereocenters. The van der Waals surface area contributed by atoms with Crippen molar-refractivity contribution in [2.24, 2.45) is 11.3 Å². The van der Waals surface area contributed by atoms with Gasteiger partial charge in [0, 0.05) is 7.05 Å². The molecule has 0 radical (unpaired) electrons. The summed E-state index contributed by atoms with van der Waals surface area (Å²) in [7, 11) is 1.60. The molecule has 0 aliphatic heterocycles. The molecule has 1 aliphatic carbocycles. The highest BCUT2D eigenvalue weighted by atomic mass is 16.6. The predicted molar refractivity (Wildman–Crippen MR) is 60.7 cm³/mol. The van der Waals surface area contributed by atoms with Gasteiger partial charge in [-0.3, -0.25) is 0 Å². The number of ether oxygens (including phenoxy) is 1.